The van der Waals surface area contributed by atoms with Crippen LogP contribution in [0.25, 0.3) is 11.0 Å². The first-order valence-corrected chi connectivity index (χ1v) is 7.71. The minimum Gasteiger partial charge on any atom is -0.379 e. The highest BCUT2D eigenvalue weighted by Gasteiger charge is 2.10. The van der Waals surface area contributed by atoms with Crippen molar-refractivity contribution >= 4 is 34.9 Å². The van der Waals surface area contributed by atoms with E-state index >= 15 is 0 Å². The molecule has 1 aromatic heterocycles. The molecule has 1 aromatic carbocycles. The summed E-state index contributed by atoms with van der Waals surface area (Å²) in [7, 11) is 0. The summed E-state index contributed by atoms with van der Waals surface area (Å²) >= 11 is 11.5. The van der Waals surface area contributed by atoms with Gasteiger partial charge in [0.25, 0.3) is 0 Å². The molecule has 1 fully saturated rings. The number of ether oxygens (including phenoxy) is 1. The molecule has 1 aliphatic rings. The Labute approximate surface area is 128 Å². The fourth-order valence-corrected chi connectivity index (χ4v) is 3.09. The van der Waals surface area contributed by atoms with Crippen LogP contribution in [0.1, 0.15) is 6.42 Å². The molecule has 0 unspecified atom stereocenters. The van der Waals surface area contributed by atoms with Gasteiger partial charge in [0, 0.05) is 31.2 Å². The summed E-state index contributed by atoms with van der Waals surface area (Å²) in [6.07, 6.45) is 1.08. The number of nitrogens with one attached hydrogen (secondary N) is 1. The third-order valence-electron chi connectivity index (χ3n) is 3.70. The van der Waals surface area contributed by atoms with E-state index in [1.807, 2.05) is 18.2 Å². The molecule has 0 radical (unpaired) electrons. The Morgan fingerprint density at radius 1 is 1.25 bits per heavy atom. The van der Waals surface area contributed by atoms with Crippen LogP contribution >= 0.6 is 23.8 Å². The second kappa shape index (κ2) is 6.26. The van der Waals surface area contributed by atoms with Crippen LogP contribution in [-0.2, 0) is 11.3 Å². The molecular formula is C14H18ClN3OS. The van der Waals surface area contributed by atoms with Crippen molar-refractivity contribution in [2.75, 3.05) is 32.8 Å². The number of imidazole rings is 1. The van der Waals surface area contributed by atoms with E-state index in [0.29, 0.717) is 0 Å². The van der Waals surface area contributed by atoms with Crippen molar-refractivity contribution < 1.29 is 4.74 Å². The number of H-pyrrole nitrogens is 1. The Bertz CT molecular complexity index is 645. The van der Waals surface area contributed by atoms with E-state index < -0.39 is 0 Å². The van der Waals surface area contributed by atoms with Gasteiger partial charge in [0.1, 0.15) is 0 Å². The molecule has 3 rings (SSSR count). The molecule has 0 amide bonds. The largest absolute Gasteiger partial charge is 0.379 e. The lowest BCUT2D eigenvalue weighted by atomic mass is 10.3. The quantitative estimate of drug-likeness (QED) is 0.881. The van der Waals surface area contributed by atoms with Gasteiger partial charge in [0.05, 0.1) is 24.2 Å². The van der Waals surface area contributed by atoms with Crippen molar-refractivity contribution in [2.24, 2.45) is 0 Å². The van der Waals surface area contributed by atoms with Gasteiger partial charge in [-0.1, -0.05) is 11.6 Å². The number of nitrogens with zero attached hydrogens (tertiary/aromatic N) is 2. The average Bonchev–Trinajstić information content (AvgIpc) is 2.76. The number of morpholine rings is 1. The molecule has 2 aromatic rings. The highest BCUT2D eigenvalue weighted by atomic mass is 35.5. The Balaban J connectivity index is 1.69. The van der Waals surface area contributed by atoms with E-state index in [4.69, 9.17) is 28.6 Å². The topological polar surface area (TPSA) is 33.2 Å². The summed E-state index contributed by atoms with van der Waals surface area (Å²) in [5, 5.41) is 0.744. The van der Waals surface area contributed by atoms with Crippen molar-refractivity contribution in [1.82, 2.24) is 14.5 Å². The Kier molecular flexibility index (Phi) is 4.41. The van der Waals surface area contributed by atoms with Crippen LogP contribution in [0.5, 0.6) is 0 Å². The van der Waals surface area contributed by atoms with Crippen LogP contribution in [0.2, 0.25) is 5.02 Å². The van der Waals surface area contributed by atoms with Crippen molar-refractivity contribution in [2.45, 2.75) is 13.0 Å². The molecule has 0 bridgehead atoms. The number of aromatic nitrogens is 2. The molecule has 1 N–H and O–H groups in total. The lowest BCUT2D eigenvalue weighted by Crippen LogP contribution is -2.37. The lowest BCUT2D eigenvalue weighted by molar-refractivity contribution is 0.0369. The maximum absolute atomic E-state index is 6.07. The number of aryl methyl sites for hydroxylation is 1. The fraction of sp³-hybridized carbons (Fsp3) is 0.500. The molecule has 2 heterocycles. The zero-order chi connectivity index (χ0) is 13.9. The standard InChI is InChI=1S/C14H18ClN3OS/c15-11-2-3-12-13(10-11)18(14(20)16-12)5-1-4-17-6-8-19-9-7-17/h2-3,10H,1,4-9H2,(H,16,20). The highest BCUT2D eigenvalue weighted by molar-refractivity contribution is 7.71. The lowest BCUT2D eigenvalue weighted by Gasteiger charge is -2.26. The maximum Gasteiger partial charge on any atom is 0.178 e. The van der Waals surface area contributed by atoms with Crippen molar-refractivity contribution in [3.8, 4) is 0 Å². The molecular weight excluding hydrogens is 294 g/mol. The van der Waals surface area contributed by atoms with Gasteiger partial charge >= 0.3 is 0 Å². The Morgan fingerprint density at radius 2 is 2.05 bits per heavy atom. The number of benzene rings is 1. The summed E-state index contributed by atoms with van der Waals surface area (Å²) in [6, 6.07) is 5.83. The maximum atomic E-state index is 6.07. The summed E-state index contributed by atoms with van der Waals surface area (Å²) in [6.45, 7) is 5.76. The van der Waals surface area contributed by atoms with E-state index in [0.717, 1.165) is 66.6 Å². The number of halogens is 1. The first kappa shape index (κ1) is 14.1. The van der Waals surface area contributed by atoms with Crippen LogP contribution < -0.4 is 0 Å². The predicted octanol–water partition coefficient (Wildman–Crippen LogP) is 3.07. The molecule has 6 heteroatoms. The van der Waals surface area contributed by atoms with Gasteiger partial charge in [-0.25, -0.2) is 0 Å². The minimum atomic E-state index is 0.744. The van der Waals surface area contributed by atoms with E-state index in [9.17, 15) is 0 Å². The van der Waals surface area contributed by atoms with Gasteiger partial charge in [0.2, 0.25) is 0 Å². The van der Waals surface area contributed by atoms with Crippen LogP contribution in [0.3, 0.4) is 0 Å². The molecule has 0 atom stereocenters. The van der Waals surface area contributed by atoms with Crippen LogP contribution in [0, 0.1) is 4.77 Å². The Morgan fingerprint density at radius 3 is 2.85 bits per heavy atom. The second-order valence-corrected chi connectivity index (χ2v) is 5.87. The molecule has 0 saturated carbocycles. The Hall–Kier alpha value is -0.880. The summed E-state index contributed by atoms with van der Waals surface area (Å²) < 4.78 is 8.26. The third kappa shape index (κ3) is 3.06. The normalized spacial score (nSPS) is 16.9. The fourth-order valence-electron chi connectivity index (χ4n) is 2.63. The summed E-state index contributed by atoms with van der Waals surface area (Å²) in [5.74, 6) is 0. The average molecular weight is 312 g/mol. The first-order valence-electron chi connectivity index (χ1n) is 6.92. The van der Waals surface area contributed by atoms with Gasteiger partial charge < -0.3 is 14.3 Å². The van der Waals surface area contributed by atoms with Crippen molar-refractivity contribution in [3.63, 3.8) is 0 Å². The van der Waals surface area contributed by atoms with Crippen molar-refractivity contribution in [1.29, 1.82) is 0 Å². The summed E-state index contributed by atoms with van der Waals surface area (Å²) in [5.41, 5.74) is 2.13. The smallest absolute Gasteiger partial charge is 0.178 e. The second-order valence-electron chi connectivity index (χ2n) is 5.05. The van der Waals surface area contributed by atoms with Gasteiger partial charge in [-0.3, -0.25) is 4.90 Å². The van der Waals surface area contributed by atoms with E-state index in [2.05, 4.69) is 14.5 Å². The number of hydrogen-bond donors (Lipinski definition) is 1. The minimum absolute atomic E-state index is 0.744. The van der Waals surface area contributed by atoms with Gasteiger partial charge in [-0.05, 0) is 36.8 Å². The molecule has 1 aliphatic heterocycles. The number of aromatic amines is 1. The molecule has 108 valence electrons. The first-order chi connectivity index (χ1) is 9.74. The summed E-state index contributed by atoms with van der Waals surface area (Å²) in [4.78, 5) is 5.67. The van der Waals surface area contributed by atoms with Gasteiger partial charge in [-0.15, -0.1) is 0 Å². The number of fused-ring (bicyclic) bond motifs is 1. The number of hydrogen-bond acceptors (Lipinski definition) is 3. The molecule has 0 aliphatic carbocycles. The molecule has 1 saturated heterocycles. The third-order valence-corrected chi connectivity index (χ3v) is 4.25. The van der Waals surface area contributed by atoms with E-state index in [-0.39, 0.29) is 0 Å². The zero-order valence-corrected chi connectivity index (χ0v) is 12.8. The monoisotopic (exact) mass is 311 g/mol. The van der Waals surface area contributed by atoms with Crippen molar-refractivity contribution in [3.05, 3.63) is 28.0 Å². The molecule has 4 nitrogen and oxygen atoms in total. The number of rotatable bonds is 4. The zero-order valence-electron chi connectivity index (χ0n) is 11.3. The predicted molar refractivity (Wildman–Crippen MR) is 84.0 cm³/mol. The van der Waals surface area contributed by atoms with Gasteiger partial charge in [0.15, 0.2) is 4.77 Å². The SMILES string of the molecule is S=c1[nH]c2ccc(Cl)cc2n1CCCN1CCOCC1. The van der Waals surface area contributed by atoms with E-state index in [1.165, 1.54) is 0 Å². The highest BCUT2D eigenvalue weighted by Crippen LogP contribution is 2.19. The molecule has 0 spiro atoms. The van der Waals surface area contributed by atoms with E-state index in [1.54, 1.807) is 0 Å². The van der Waals surface area contributed by atoms with Crippen LogP contribution in [-0.4, -0.2) is 47.3 Å². The molecule has 20 heavy (non-hydrogen) atoms. The van der Waals surface area contributed by atoms with Gasteiger partial charge in [-0.2, -0.15) is 0 Å². The van der Waals surface area contributed by atoms with Crippen LogP contribution in [0.4, 0.5) is 0 Å². The van der Waals surface area contributed by atoms with Crippen LogP contribution in [0.15, 0.2) is 18.2 Å².